The predicted molar refractivity (Wildman–Crippen MR) is 105 cm³/mol. The number of carbonyl (C=O) groups is 1. The molecular formula is C22H29N3O2. The van der Waals surface area contributed by atoms with E-state index in [4.69, 9.17) is 4.74 Å². The van der Waals surface area contributed by atoms with Gasteiger partial charge in [0.2, 0.25) is 0 Å². The molecule has 2 heterocycles. The van der Waals surface area contributed by atoms with Gasteiger partial charge in [-0.15, -0.1) is 0 Å². The summed E-state index contributed by atoms with van der Waals surface area (Å²) in [5, 5.41) is 9.51. The van der Waals surface area contributed by atoms with E-state index in [1.807, 2.05) is 19.9 Å². The van der Waals surface area contributed by atoms with Gasteiger partial charge in [-0.2, -0.15) is 5.26 Å². The number of nitriles is 1. The number of hydrogen-bond acceptors (Lipinski definition) is 4. The van der Waals surface area contributed by atoms with Crippen molar-refractivity contribution in [3.63, 3.8) is 0 Å². The maximum atomic E-state index is 12.8. The Labute approximate surface area is 162 Å². The Morgan fingerprint density at radius 2 is 1.81 bits per heavy atom. The van der Waals surface area contributed by atoms with Crippen molar-refractivity contribution in [2.75, 3.05) is 26.2 Å². The van der Waals surface area contributed by atoms with Crippen molar-refractivity contribution < 1.29 is 9.53 Å². The first-order chi connectivity index (χ1) is 13.0. The number of benzene rings is 1. The first kappa shape index (κ1) is 19.4. The van der Waals surface area contributed by atoms with Crippen LogP contribution in [0.4, 0.5) is 0 Å². The number of amides is 1. The smallest absolute Gasteiger partial charge is 0.266 e. The molecule has 3 rings (SSSR count). The first-order valence-corrected chi connectivity index (χ1v) is 9.89. The summed E-state index contributed by atoms with van der Waals surface area (Å²) in [5.41, 5.74) is 1.62. The van der Waals surface area contributed by atoms with Crippen LogP contribution in [0.25, 0.3) is 0 Å². The normalized spacial score (nSPS) is 24.6. The third kappa shape index (κ3) is 5.33. The van der Waals surface area contributed by atoms with Crippen LogP contribution in [0.1, 0.15) is 32.3 Å². The lowest BCUT2D eigenvalue weighted by Crippen LogP contribution is -2.48. The number of carbonyl (C=O) groups excluding carboxylic acids is 1. The molecule has 27 heavy (non-hydrogen) atoms. The minimum Gasteiger partial charge on any atom is -0.376 e. The van der Waals surface area contributed by atoms with Gasteiger partial charge in [-0.25, -0.2) is 0 Å². The van der Waals surface area contributed by atoms with Crippen LogP contribution in [0.15, 0.2) is 42.1 Å². The van der Waals surface area contributed by atoms with E-state index in [-0.39, 0.29) is 23.7 Å². The van der Waals surface area contributed by atoms with E-state index in [1.54, 1.807) is 11.1 Å². The minimum absolute atomic E-state index is 0.00590. The Morgan fingerprint density at radius 3 is 2.41 bits per heavy atom. The molecule has 2 aliphatic rings. The zero-order valence-electron chi connectivity index (χ0n) is 16.3. The molecule has 2 atom stereocenters. The molecule has 0 aromatic heterocycles. The third-order valence-corrected chi connectivity index (χ3v) is 5.39. The summed E-state index contributed by atoms with van der Waals surface area (Å²) in [4.78, 5) is 16.6. The van der Waals surface area contributed by atoms with Gasteiger partial charge in [-0.3, -0.25) is 4.79 Å². The molecule has 1 aromatic rings. The molecule has 2 aliphatic heterocycles. The number of morpholine rings is 1. The van der Waals surface area contributed by atoms with Gasteiger partial charge in [0.1, 0.15) is 11.6 Å². The second-order valence-corrected chi connectivity index (χ2v) is 7.79. The number of ether oxygens (including phenoxy) is 1. The zero-order chi connectivity index (χ0) is 19.2. The topological polar surface area (TPSA) is 56.6 Å². The average Bonchev–Trinajstić information content (AvgIpc) is 2.67. The molecule has 144 valence electrons. The highest BCUT2D eigenvalue weighted by atomic mass is 16.5. The van der Waals surface area contributed by atoms with Crippen LogP contribution in [-0.2, 0) is 16.0 Å². The average molecular weight is 367 g/mol. The van der Waals surface area contributed by atoms with Gasteiger partial charge < -0.3 is 14.5 Å². The largest absolute Gasteiger partial charge is 0.376 e. The molecule has 0 spiro atoms. The molecular weight excluding hydrogens is 338 g/mol. The number of piperidine rings is 1. The van der Waals surface area contributed by atoms with Crippen molar-refractivity contribution in [3.8, 4) is 6.07 Å². The van der Waals surface area contributed by atoms with E-state index in [1.165, 1.54) is 5.56 Å². The molecule has 5 heteroatoms. The summed E-state index contributed by atoms with van der Waals surface area (Å²) >= 11 is 0. The van der Waals surface area contributed by atoms with Crippen molar-refractivity contribution in [1.82, 2.24) is 9.80 Å². The van der Waals surface area contributed by atoms with Crippen molar-refractivity contribution in [3.05, 3.63) is 47.7 Å². The molecule has 2 fully saturated rings. The van der Waals surface area contributed by atoms with Crippen LogP contribution >= 0.6 is 0 Å². The number of nitrogens with zero attached hydrogens (tertiary/aromatic N) is 3. The molecule has 1 amide bonds. The lowest BCUT2D eigenvalue weighted by Gasteiger charge is -2.35. The molecule has 2 unspecified atom stereocenters. The fourth-order valence-corrected chi connectivity index (χ4v) is 4.06. The van der Waals surface area contributed by atoms with Gasteiger partial charge in [0.25, 0.3) is 5.91 Å². The Morgan fingerprint density at radius 1 is 1.19 bits per heavy atom. The molecule has 2 saturated heterocycles. The summed E-state index contributed by atoms with van der Waals surface area (Å²) in [6, 6.07) is 12.7. The lowest BCUT2D eigenvalue weighted by molar-refractivity contribution is -0.138. The van der Waals surface area contributed by atoms with E-state index in [9.17, 15) is 10.1 Å². The second kappa shape index (κ2) is 9.05. The minimum atomic E-state index is -0.175. The Hall–Kier alpha value is -2.32. The SMILES string of the molecule is CC1CN(C(=O)/C(C#N)=C\N2CCC(Cc3ccccc3)CC2)CC(C)O1. The fourth-order valence-electron chi connectivity index (χ4n) is 4.06. The summed E-state index contributed by atoms with van der Waals surface area (Å²) in [6.45, 7) is 6.80. The molecule has 0 aliphatic carbocycles. The van der Waals surface area contributed by atoms with E-state index in [0.29, 0.717) is 19.0 Å². The monoisotopic (exact) mass is 367 g/mol. The van der Waals surface area contributed by atoms with Crippen LogP contribution in [-0.4, -0.2) is 54.1 Å². The first-order valence-electron chi connectivity index (χ1n) is 9.89. The van der Waals surface area contributed by atoms with Gasteiger partial charge in [0, 0.05) is 32.4 Å². The van der Waals surface area contributed by atoms with E-state index in [0.717, 1.165) is 32.4 Å². The molecule has 0 bridgehead atoms. The van der Waals surface area contributed by atoms with Gasteiger partial charge in [-0.1, -0.05) is 30.3 Å². The Balaban J connectivity index is 1.55. The summed E-state index contributed by atoms with van der Waals surface area (Å²) in [5.74, 6) is 0.491. The molecule has 5 nitrogen and oxygen atoms in total. The van der Waals surface area contributed by atoms with Crippen LogP contribution in [0.5, 0.6) is 0 Å². The number of rotatable bonds is 4. The summed E-state index contributed by atoms with van der Waals surface area (Å²) < 4.78 is 5.68. The predicted octanol–water partition coefficient (Wildman–Crippen LogP) is 2.98. The van der Waals surface area contributed by atoms with Crippen molar-refractivity contribution in [2.24, 2.45) is 5.92 Å². The van der Waals surface area contributed by atoms with E-state index in [2.05, 4.69) is 35.2 Å². The molecule has 0 radical (unpaired) electrons. The maximum Gasteiger partial charge on any atom is 0.266 e. The van der Waals surface area contributed by atoms with Gasteiger partial charge in [0.05, 0.1) is 12.2 Å². The Bertz CT molecular complexity index is 692. The zero-order valence-corrected chi connectivity index (χ0v) is 16.3. The van der Waals surface area contributed by atoms with Crippen LogP contribution in [0, 0.1) is 17.2 Å². The van der Waals surface area contributed by atoms with Gasteiger partial charge >= 0.3 is 0 Å². The summed E-state index contributed by atoms with van der Waals surface area (Å²) in [7, 11) is 0. The lowest BCUT2D eigenvalue weighted by atomic mass is 9.90. The maximum absolute atomic E-state index is 12.8. The van der Waals surface area contributed by atoms with E-state index >= 15 is 0 Å². The van der Waals surface area contributed by atoms with Crippen LogP contribution in [0.2, 0.25) is 0 Å². The van der Waals surface area contributed by atoms with Crippen molar-refractivity contribution in [1.29, 1.82) is 5.26 Å². The highest BCUT2D eigenvalue weighted by Crippen LogP contribution is 2.22. The molecule has 0 N–H and O–H groups in total. The van der Waals surface area contributed by atoms with Crippen LogP contribution < -0.4 is 0 Å². The molecule has 0 saturated carbocycles. The van der Waals surface area contributed by atoms with E-state index < -0.39 is 0 Å². The van der Waals surface area contributed by atoms with Gasteiger partial charge in [-0.05, 0) is 44.6 Å². The van der Waals surface area contributed by atoms with Crippen molar-refractivity contribution in [2.45, 2.75) is 45.3 Å². The van der Waals surface area contributed by atoms with Gasteiger partial charge in [0.15, 0.2) is 0 Å². The number of likely N-dealkylation sites (tertiary alicyclic amines) is 1. The number of hydrogen-bond donors (Lipinski definition) is 0. The fraction of sp³-hybridized carbons (Fsp3) is 0.545. The third-order valence-electron chi connectivity index (χ3n) is 5.39. The standard InChI is InChI=1S/C22H29N3O2/c1-17-14-25(15-18(2)27-17)22(26)21(13-23)16-24-10-8-20(9-11-24)12-19-6-4-3-5-7-19/h3-7,16-18,20H,8-12,14-15H2,1-2H3/b21-16-. The highest BCUT2D eigenvalue weighted by molar-refractivity contribution is 5.97. The molecule has 1 aromatic carbocycles. The van der Waals surface area contributed by atoms with Crippen LogP contribution in [0.3, 0.4) is 0 Å². The highest BCUT2D eigenvalue weighted by Gasteiger charge is 2.28. The summed E-state index contributed by atoms with van der Waals surface area (Å²) in [6.07, 6.45) is 5.06. The Kier molecular flexibility index (Phi) is 6.52. The van der Waals surface area contributed by atoms with Crippen molar-refractivity contribution >= 4 is 5.91 Å². The second-order valence-electron chi connectivity index (χ2n) is 7.79. The quantitative estimate of drug-likeness (QED) is 0.606.